The molecule has 5 aromatic rings. The van der Waals surface area contributed by atoms with E-state index in [1.165, 1.54) is 10.6 Å². The third-order valence-electron chi connectivity index (χ3n) is 13.5. The molecule has 5 aliphatic rings. The maximum Gasteiger partial charge on any atom is 0.407 e. The first-order chi connectivity index (χ1) is 30.4. The van der Waals surface area contributed by atoms with Crippen molar-refractivity contribution in [2.24, 2.45) is 5.92 Å². The van der Waals surface area contributed by atoms with E-state index in [4.69, 9.17) is 19.2 Å². The second-order valence-corrected chi connectivity index (χ2v) is 17.2. The number of carbonyl (C=O) groups is 4. The van der Waals surface area contributed by atoms with Crippen LogP contribution in [0.3, 0.4) is 0 Å². The standard InChI is InChI=1S/C48H46FN5O9/c1-3-48(60)34-17-38-43-31(20-54(38)45(57)33(34)22-61-46(48)58)42-36(15-14-26-24(2)35(49)18-37(52-43)41(26)42)53-44(56)39(16-25-12-13-25)63-23-51-40(55)19-50-47(59)62-21-32-29-10-6-4-8-27(29)28-9-5-7-11-30(28)32/h4-11,17-18,25,32,36,39,60H,3,12-16,19-23H2,1-2H3,(H,50,59)(H,51,55)(H,53,56)/t36-,39?,48-/m0/s1. The van der Waals surface area contributed by atoms with Gasteiger partial charge in [0.25, 0.3) is 5.56 Å². The number of aryl methyl sites for hydroxylation is 1. The summed E-state index contributed by atoms with van der Waals surface area (Å²) in [6.45, 7) is 2.64. The van der Waals surface area contributed by atoms with Gasteiger partial charge >= 0.3 is 12.1 Å². The number of nitrogens with zero attached hydrogens (tertiary/aromatic N) is 2. The molecule has 1 saturated carbocycles. The van der Waals surface area contributed by atoms with Gasteiger partial charge in [0.05, 0.1) is 35.1 Å². The molecule has 4 heterocycles. The van der Waals surface area contributed by atoms with Crippen LogP contribution in [0.15, 0.2) is 65.5 Å². The Balaban J connectivity index is 0.830. The lowest BCUT2D eigenvalue weighted by molar-refractivity contribution is -0.172. The van der Waals surface area contributed by atoms with Gasteiger partial charge in [0.2, 0.25) is 11.8 Å². The molecular formula is C48H46FN5O9. The Morgan fingerprint density at radius 3 is 2.44 bits per heavy atom. The number of halogens is 1. The molecule has 324 valence electrons. The molecule has 0 bridgehead atoms. The number of carbonyl (C=O) groups excluding carboxylic acids is 4. The third-order valence-corrected chi connectivity index (χ3v) is 13.5. The Labute approximate surface area is 361 Å². The maximum absolute atomic E-state index is 15.4. The van der Waals surface area contributed by atoms with Crippen molar-refractivity contribution in [1.29, 1.82) is 0 Å². The smallest absolute Gasteiger partial charge is 0.407 e. The number of esters is 1. The summed E-state index contributed by atoms with van der Waals surface area (Å²) < 4.78 is 33.8. The van der Waals surface area contributed by atoms with Gasteiger partial charge in [-0.1, -0.05) is 68.3 Å². The maximum atomic E-state index is 15.4. The molecule has 14 nitrogen and oxygen atoms in total. The Morgan fingerprint density at radius 2 is 1.73 bits per heavy atom. The van der Waals surface area contributed by atoms with E-state index in [9.17, 15) is 29.1 Å². The third kappa shape index (κ3) is 6.94. The molecule has 0 saturated heterocycles. The van der Waals surface area contributed by atoms with Crippen molar-refractivity contribution < 1.29 is 42.9 Å². The van der Waals surface area contributed by atoms with E-state index in [1.807, 2.05) is 48.5 Å². The van der Waals surface area contributed by atoms with E-state index >= 15 is 4.39 Å². The van der Waals surface area contributed by atoms with Crippen LogP contribution in [0, 0.1) is 18.7 Å². The number of aliphatic hydroxyl groups is 1. The summed E-state index contributed by atoms with van der Waals surface area (Å²) in [5, 5.41) is 20.5. The molecule has 0 spiro atoms. The van der Waals surface area contributed by atoms with Gasteiger partial charge in [-0.25, -0.2) is 19.0 Å². The number of amides is 3. The zero-order chi connectivity index (χ0) is 43.7. The molecule has 0 radical (unpaired) electrons. The van der Waals surface area contributed by atoms with E-state index in [0.717, 1.165) is 46.2 Å². The quantitative estimate of drug-likeness (QED) is 0.0914. The molecular weight excluding hydrogens is 810 g/mol. The van der Waals surface area contributed by atoms with Crippen molar-refractivity contribution in [3.63, 3.8) is 0 Å². The van der Waals surface area contributed by atoms with Crippen molar-refractivity contribution in [2.75, 3.05) is 19.9 Å². The normalized spacial score (nSPS) is 19.6. The van der Waals surface area contributed by atoms with Gasteiger partial charge < -0.3 is 39.8 Å². The highest BCUT2D eigenvalue weighted by Gasteiger charge is 2.46. The van der Waals surface area contributed by atoms with Gasteiger partial charge in [-0.05, 0) is 83.5 Å². The highest BCUT2D eigenvalue weighted by atomic mass is 19.1. The molecule has 15 heteroatoms. The van der Waals surface area contributed by atoms with Crippen molar-refractivity contribution >= 4 is 34.8 Å². The monoisotopic (exact) mass is 855 g/mol. The first-order valence-corrected chi connectivity index (χ1v) is 21.5. The van der Waals surface area contributed by atoms with Crippen LogP contribution in [0.4, 0.5) is 9.18 Å². The van der Waals surface area contributed by atoms with Gasteiger partial charge in [0.1, 0.15) is 38.4 Å². The molecule has 3 aromatic carbocycles. The van der Waals surface area contributed by atoms with Crippen LogP contribution in [0.2, 0.25) is 0 Å². The number of fused-ring (bicyclic) bond motifs is 8. The summed E-state index contributed by atoms with van der Waals surface area (Å²) in [6.07, 6.45) is 1.57. The molecule has 3 amide bonds. The van der Waals surface area contributed by atoms with Crippen LogP contribution in [0.5, 0.6) is 0 Å². The lowest BCUT2D eigenvalue weighted by atomic mass is 9.81. The van der Waals surface area contributed by atoms with Gasteiger partial charge in [0, 0.05) is 28.5 Å². The topological polar surface area (TPSA) is 187 Å². The molecule has 1 fully saturated rings. The van der Waals surface area contributed by atoms with E-state index < -0.39 is 47.1 Å². The SMILES string of the molecule is CC[C@@]1(O)C(=O)OCc2c1cc1n(c2=O)Cc2c-1nc1cc(F)c(C)c3c1c2[C@@H](NC(=O)C(CC1CC1)OCNC(=O)CNC(=O)OCC1c2ccccc2-c2ccccc21)CC3. The number of hydrogen-bond donors (Lipinski definition) is 4. The number of nitrogens with one attached hydrogen (secondary N) is 3. The first kappa shape index (κ1) is 40.6. The Kier molecular flexibility index (Phi) is 10.1. The van der Waals surface area contributed by atoms with Crippen molar-refractivity contribution in [2.45, 2.75) is 89.2 Å². The number of benzene rings is 3. The number of cyclic esters (lactones) is 1. The predicted molar refractivity (Wildman–Crippen MR) is 227 cm³/mol. The Bertz CT molecular complexity index is 2790. The number of pyridine rings is 2. The number of alkyl carbamates (subject to hydrolysis) is 1. The fourth-order valence-corrected chi connectivity index (χ4v) is 9.96. The molecule has 4 N–H and O–H groups in total. The van der Waals surface area contributed by atoms with E-state index in [1.54, 1.807) is 19.9 Å². The van der Waals surface area contributed by atoms with Crippen LogP contribution in [0.25, 0.3) is 33.4 Å². The largest absolute Gasteiger partial charge is 0.458 e. The second-order valence-electron chi connectivity index (χ2n) is 17.2. The predicted octanol–water partition coefficient (Wildman–Crippen LogP) is 5.43. The summed E-state index contributed by atoms with van der Waals surface area (Å²) in [5.41, 5.74) is 6.10. The van der Waals surface area contributed by atoms with Gasteiger partial charge in [-0.15, -0.1) is 0 Å². The minimum atomic E-state index is -2.02. The van der Waals surface area contributed by atoms with Crippen LogP contribution < -0.4 is 21.5 Å². The number of rotatable bonds is 12. The summed E-state index contributed by atoms with van der Waals surface area (Å²) in [4.78, 5) is 71.4. The average Bonchev–Trinajstić information content (AvgIpc) is 3.95. The summed E-state index contributed by atoms with van der Waals surface area (Å²) in [5.74, 6) is -2.01. The fourth-order valence-electron chi connectivity index (χ4n) is 9.96. The van der Waals surface area contributed by atoms with E-state index in [-0.39, 0.29) is 68.3 Å². The van der Waals surface area contributed by atoms with Crippen molar-refractivity contribution in [1.82, 2.24) is 25.5 Å². The summed E-state index contributed by atoms with van der Waals surface area (Å²) >= 11 is 0. The molecule has 10 rings (SSSR count). The Hall–Kier alpha value is -6.45. The van der Waals surface area contributed by atoms with Crippen LogP contribution >= 0.6 is 0 Å². The summed E-state index contributed by atoms with van der Waals surface area (Å²) in [7, 11) is 0. The highest BCUT2D eigenvalue weighted by Crippen LogP contribution is 2.47. The zero-order valence-electron chi connectivity index (χ0n) is 34.8. The van der Waals surface area contributed by atoms with Crippen molar-refractivity contribution in [3.8, 4) is 22.5 Å². The lowest BCUT2D eigenvalue weighted by Crippen LogP contribution is -2.44. The second kappa shape index (κ2) is 15.7. The Morgan fingerprint density at radius 1 is 1.00 bits per heavy atom. The molecule has 3 aliphatic carbocycles. The van der Waals surface area contributed by atoms with E-state index in [2.05, 4.69) is 16.0 Å². The van der Waals surface area contributed by atoms with E-state index in [0.29, 0.717) is 52.7 Å². The number of hydrogen-bond acceptors (Lipinski definition) is 10. The number of aromatic nitrogens is 2. The summed E-state index contributed by atoms with van der Waals surface area (Å²) in [6, 6.07) is 18.4. The van der Waals surface area contributed by atoms with Crippen LogP contribution in [0.1, 0.15) is 95.5 Å². The fraction of sp³-hybridized carbons (Fsp3) is 0.375. The molecule has 63 heavy (non-hydrogen) atoms. The van der Waals surface area contributed by atoms with Crippen molar-refractivity contribution in [3.05, 3.63) is 121 Å². The molecule has 2 aliphatic heterocycles. The van der Waals surface area contributed by atoms with Gasteiger partial charge in [0.15, 0.2) is 5.60 Å². The minimum Gasteiger partial charge on any atom is -0.458 e. The molecule has 2 aromatic heterocycles. The zero-order valence-corrected chi connectivity index (χ0v) is 34.8. The molecule has 1 unspecified atom stereocenters. The lowest BCUT2D eigenvalue weighted by Gasteiger charge is -2.31. The van der Waals surface area contributed by atoms with Crippen LogP contribution in [-0.4, -0.2) is 64.5 Å². The van der Waals surface area contributed by atoms with Gasteiger partial charge in [-0.3, -0.25) is 14.4 Å². The highest BCUT2D eigenvalue weighted by molar-refractivity contribution is 5.94. The average molecular weight is 856 g/mol. The molecule has 3 atom stereocenters. The van der Waals surface area contributed by atoms with Gasteiger partial charge in [-0.2, -0.15) is 0 Å². The first-order valence-electron chi connectivity index (χ1n) is 21.5. The van der Waals surface area contributed by atoms with Crippen LogP contribution in [-0.2, 0) is 53.8 Å². The number of ether oxygens (including phenoxy) is 3. The minimum absolute atomic E-state index is 0.0150.